The van der Waals surface area contributed by atoms with Gasteiger partial charge in [0.2, 0.25) is 0 Å². The van der Waals surface area contributed by atoms with Crippen LogP contribution in [0.25, 0.3) is 0 Å². The Labute approximate surface area is 106 Å². The molecule has 2 aliphatic carbocycles. The van der Waals surface area contributed by atoms with E-state index in [1.807, 2.05) is 0 Å². The molecule has 98 valence electrons. The molecule has 2 aliphatic rings. The predicted molar refractivity (Wildman–Crippen MR) is 72.8 cm³/mol. The molecule has 0 aromatic rings. The minimum atomic E-state index is -0.390. The van der Waals surface area contributed by atoms with Crippen LogP contribution < -0.4 is 0 Å². The minimum Gasteiger partial charge on any atom is -0.389 e. The summed E-state index contributed by atoms with van der Waals surface area (Å²) in [4.78, 5) is 0. The molecule has 1 heteroatoms. The van der Waals surface area contributed by atoms with E-state index in [-0.39, 0.29) is 0 Å². The smallest absolute Gasteiger partial charge is 0.0710 e. The van der Waals surface area contributed by atoms with Crippen LogP contribution in [0, 0.1) is 17.3 Å². The molecule has 1 nitrogen and oxygen atoms in total. The molecule has 0 aromatic carbocycles. The van der Waals surface area contributed by atoms with Gasteiger partial charge in [-0.25, -0.2) is 0 Å². The van der Waals surface area contributed by atoms with Crippen LogP contribution in [0.2, 0.25) is 0 Å². The molecule has 0 spiro atoms. The Balaban J connectivity index is 1.97. The summed E-state index contributed by atoms with van der Waals surface area (Å²) in [5.41, 5.74) is 0.0163. The molecule has 1 fully saturated rings. The summed E-state index contributed by atoms with van der Waals surface area (Å²) >= 11 is 0. The first-order valence-electron chi connectivity index (χ1n) is 7.31. The Bertz CT molecular complexity index is 276. The Morgan fingerprint density at radius 3 is 2.24 bits per heavy atom. The Morgan fingerprint density at radius 1 is 1.12 bits per heavy atom. The first-order valence-corrected chi connectivity index (χ1v) is 7.31. The third-order valence-electron chi connectivity index (χ3n) is 5.02. The van der Waals surface area contributed by atoms with Crippen molar-refractivity contribution in [1.82, 2.24) is 0 Å². The zero-order valence-corrected chi connectivity index (χ0v) is 11.7. The number of rotatable bonds is 1. The van der Waals surface area contributed by atoms with E-state index in [2.05, 4.69) is 32.9 Å². The molecule has 0 amide bonds. The van der Waals surface area contributed by atoms with Gasteiger partial charge in [-0.2, -0.15) is 0 Å². The van der Waals surface area contributed by atoms with E-state index in [0.29, 0.717) is 11.3 Å². The van der Waals surface area contributed by atoms with Gasteiger partial charge in [0, 0.05) is 5.92 Å². The van der Waals surface area contributed by atoms with Crippen molar-refractivity contribution in [2.45, 2.75) is 71.3 Å². The summed E-state index contributed by atoms with van der Waals surface area (Å²) in [6, 6.07) is 0. The van der Waals surface area contributed by atoms with Crippen molar-refractivity contribution in [3.63, 3.8) is 0 Å². The molecule has 0 bridgehead atoms. The minimum absolute atomic E-state index is 0.390. The van der Waals surface area contributed by atoms with E-state index in [0.717, 1.165) is 18.8 Å². The lowest BCUT2D eigenvalue weighted by Crippen LogP contribution is -2.43. The van der Waals surface area contributed by atoms with Gasteiger partial charge in [0.25, 0.3) is 0 Å². The lowest BCUT2D eigenvalue weighted by atomic mass is 9.64. The standard InChI is InChI=1S/C16H28O/c1-15(2,3)13-9-11-16(17,12-10-13)14-7-5-4-6-8-14/h5,7,13-14,17H,4,6,8-12H2,1-3H3/t13?,14-,16?/m0/s1. The Kier molecular flexibility index (Phi) is 3.68. The third kappa shape index (κ3) is 2.93. The summed E-state index contributed by atoms with van der Waals surface area (Å²) in [6.07, 6.45) is 12.6. The maximum Gasteiger partial charge on any atom is 0.0710 e. The van der Waals surface area contributed by atoms with E-state index >= 15 is 0 Å². The first-order chi connectivity index (χ1) is 7.92. The third-order valence-corrected chi connectivity index (χ3v) is 5.02. The summed E-state index contributed by atoms with van der Waals surface area (Å²) in [6.45, 7) is 7.01. The van der Waals surface area contributed by atoms with Crippen molar-refractivity contribution >= 4 is 0 Å². The largest absolute Gasteiger partial charge is 0.389 e. The van der Waals surface area contributed by atoms with E-state index in [9.17, 15) is 5.11 Å². The van der Waals surface area contributed by atoms with Crippen LogP contribution in [0.15, 0.2) is 12.2 Å². The molecule has 0 aliphatic heterocycles. The molecule has 0 saturated heterocycles. The topological polar surface area (TPSA) is 20.2 Å². The van der Waals surface area contributed by atoms with Gasteiger partial charge in [-0.1, -0.05) is 32.9 Å². The lowest BCUT2D eigenvalue weighted by Gasteiger charge is -2.45. The van der Waals surface area contributed by atoms with Crippen LogP contribution in [-0.4, -0.2) is 10.7 Å². The number of allylic oxidation sites excluding steroid dienone is 1. The molecule has 17 heavy (non-hydrogen) atoms. The van der Waals surface area contributed by atoms with Gasteiger partial charge < -0.3 is 5.11 Å². The van der Waals surface area contributed by atoms with Crippen LogP contribution in [0.1, 0.15) is 65.7 Å². The highest BCUT2D eigenvalue weighted by molar-refractivity contribution is 5.04. The first kappa shape index (κ1) is 13.1. The van der Waals surface area contributed by atoms with Crippen molar-refractivity contribution in [2.24, 2.45) is 17.3 Å². The van der Waals surface area contributed by atoms with Crippen molar-refractivity contribution in [3.8, 4) is 0 Å². The van der Waals surface area contributed by atoms with E-state index in [1.54, 1.807) is 0 Å². The maximum absolute atomic E-state index is 10.8. The average molecular weight is 236 g/mol. The lowest BCUT2D eigenvalue weighted by molar-refractivity contribution is -0.0595. The maximum atomic E-state index is 10.8. The fourth-order valence-corrected chi connectivity index (χ4v) is 3.61. The molecule has 0 heterocycles. The molecular weight excluding hydrogens is 208 g/mol. The molecule has 2 rings (SSSR count). The summed E-state index contributed by atoms with van der Waals surface area (Å²) < 4.78 is 0. The predicted octanol–water partition coefficient (Wildman–Crippen LogP) is 4.31. The molecule has 0 aromatic heterocycles. The zero-order valence-electron chi connectivity index (χ0n) is 11.7. The molecule has 1 saturated carbocycles. The van der Waals surface area contributed by atoms with Crippen LogP contribution in [0.3, 0.4) is 0 Å². The van der Waals surface area contributed by atoms with Crippen molar-refractivity contribution in [2.75, 3.05) is 0 Å². The van der Waals surface area contributed by atoms with Crippen molar-refractivity contribution < 1.29 is 5.11 Å². The van der Waals surface area contributed by atoms with Gasteiger partial charge in [-0.3, -0.25) is 0 Å². The highest BCUT2D eigenvalue weighted by Gasteiger charge is 2.41. The van der Waals surface area contributed by atoms with Gasteiger partial charge in [-0.15, -0.1) is 0 Å². The summed E-state index contributed by atoms with van der Waals surface area (Å²) in [7, 11) is 0. The fourth-order valence-electron chi connectivity index (χ4n) is 3.61. The Hall–Kier alpha value is -0.300. The second-order valence-corrected chi connectivity index (χ2v) is 7.21. The Morgan fingerprint density at radius 2 is 1.76 bits per heavy atom. The summed E-state index contributed by atoms with van der Waals surface area (Å²) in [5, 5.41) is 10.8. The summed E-state index contributed by atoms with van der Waals surface area (Å²) in [5.74, 6) is 1.22. The highest BCUT2D eigenvalue weighted by atomic mass is 16.3. The average Bonchev–Trinajstić information content (AvgIpc) is 2.29. The second kappa shape index (κ2) is 4.76. The second-order valence-electron chi connectivity index (χ2n) is 7.21. The van der Waals surface area contributed by atoms with E-state index < -0.39 is 5.60 Å². The highest BCUT2D eigenvalue weighted by Crippen LogP contribution is 2.45. The van der Waals surface area contributed by atoms with Crippen molar-refractivity contribution in [3.05, 3.63) is 12.2 Å². The normalized spacial score (nSPS) is 39.3. The molecule has 0 radical (unpaired) electrons. The quantitative estimate of drug-likeness (QED) is 0.673. The van der Waals surface area contributed by atoms with Crippen molar-refractivity contribution in [1.29, 1.82) is 0 Å². The zero-order chi connectivity index (χ0) is 12.5. The SMILES string of the molecule is CC(C)(C)C1CCC(O)([C@H]2C=CCCC2)CC1. The number of hydrogen-bond acceptors (Lipinski definition) is 1. The van der Waals surface area contributed by atoms with Gasteiger partial charge >= 0.3 is 0 Å². The number of aliphatic hydroxyl groups is 1. The molecule has 1 atom stereocenters. The van der Waals surface area contributed by atoms with Crippen LogP contribution in [0.5, 0.6) is 0 Å². The van der Waals surface area contributed by atoms with Crippen LogP contribution in [0.4, 0.5) is 0 Å². The van der Waals surface area contributed by atoms with E-state index in [4.69, 9.17) is 0 Å². The fraction of sp³-hybridized carbons (Fsp3) is 0.875. The molecule has 1 N–H and O–H groups in total. The van der Waals surface area contributed by atoms with Gasteiger partial charge in [-0.05, 0) is 56.3 Å². The number of hydrogen-bond donors (Lipinski definition) is 1. The van der Waals surface area contributed by atoms with Gasteiger partial charge in [0.05, 0.1) is 5.60 Å². The molecule has 0 unspecified atom stereocenters. The van der Waals surface area contributed by atoms with Gasteiger partial charge in [0.1, 0.15) is 0 Å². The molecular formula is C16H28O. The van der Waals surface area contributed by atoms with Crippen LogP contribution in [-0.2, 0) is 0 Å². The monoisotopic (exact) mass is 236 g/mol. The van der Waals surface area contributed by atoms with Crippen LogP contribution >= 0.6 is 0 Å². The van der Waals surface area contributed by atoms with Gasteiger partial charge in [0.15, 0.2) is 0 Å². The van der Waals surface area contributed by atoms with E-state index in [1.165, 1.54) is 32.1 Å².